The third-order valence-electron chi connectivity index (χ3n) is 4.74. The number of carbonyl (C=O) groups excluding carboxylic acids is 1. The molecule has 3 aromatic rings. The first-order valence-corrected chi connectivity index (χ1v) is 11.4. The number of halogens is 2. The van der Waals surface area contributed by atoms with E-state index >= 15 is 0 Å². The number of aromatic nitrogens is 1. The molecule has 1 heterocycles. The predicted molar refractivity (Wildman–Crippen MR) is 125 cm³/mol. The van der Waals surface area contributed by atoms with Crippen LogP contribution in [-0.4, -0.2) is 46.9 Å². The number of nitro benzene ring substituents is 1. The topological polar surface area (TPSA) is 79.6 Å². The first kappa shape index (κ1) is 22.6. The Balaban J connectivity index is 2.05. The van der Waals surface area contributed by atoms with Gasteiger partial charge >= 0.3 is 0 Å². The molecule has 0 saturated heterocycles. The van der Waals surface area contributed by atoms with Crippen LogP contribution in [-0.2, 0) is 0 Å². The highest BCUT2D eigenvalue weighted by atomic mass is 79.9. The number of rotatable bonds is 8. The van der Waals surface area contributed by atoms with Gasteiger partial charge in [-0.15, -0.1) is 0 Å². The molecular formula is C20H20BrClN4O3S. The molecule has 30 heavy (non-hydrogen) atoms. The number of carbonyl (C=O) groups is 1. The van der Waals surface area contributed by atoms with Crippen LogP contribution in [0.15, 0.2) is 40.9 Å². The van der Waals surface area contributed by atoms with Gasteiger partial charge < -0.3 is 4.90 Å². The molecule has 2 aromatic carbocycles. The lowest BCUT2D eigenvalue weighted by Gasteiger charge is -2.24. The summed E-state index contributed by atoms with van der Waals surface area (Å²) in [6.45, 7) is 6.74. The molecule has 0 atom stereocenters. The van der Waals surface area contributed by atoms with Crippen molar-refractivity contribution < 1.29 is 9.72 Å². The van der Waals surface area contributed by atoms with Crippen LogP contribution in [0.3, 0.4) is 0 Å². The maximum atomic E-state index is 13.5. The molecule has 0 bridgehead atoms. The second kappa shape index (κ2) is 9.82. The van der Waals surface area contributed by atoms with Crippen molar-refractivity contribution in [3.05, 3.63) is 61.6 Å². The van der Waals surface area contributed by atoms with E-state index < -0.39 is 10.8 Å². The number of hydrogen-bond acceptors (Lipinski definition) is 6. The SMILES string of the molecule is CCN(CC)CCN(C(=O)c1cc(Cl)ccc1[N+](=O)[O-])c1nc2ccc(Br)cc2s1. The minimum absolute atomic E-state index is 0.0486. The summed E-state index contributed by atoms with van der Waals surface area (Å²) in [5, 5.41) is 12.3. The minimum atomic E-state index is -0.568. The highest BCUT2D eigenvalue weighted by Gasteiger charge is 2.28. The van der Waals surface area contributed by atoms with Gasteiger partial charge in [0.25, 0.3) is 11.6 Å². The number of nitrogens with zero attached hydrogens (tertiary/aromatic N) is 4. The Morgan fingerprint density at radius 2 is 1.93 bits per heavy atom. The maximum Gasteiger partial charge on any atom is 0.282 e. The number of likely N-dealkylation sites (N-methyl/N-ethyl adjacent to an activating group) is 1. The molecule has 7 nitrogen and oxygen atoms in total. The maximum absolute atomic E-state index is 13.5. The van der Waals surface area contributed by atoms with E-state index in [0.717, 1.165) is 27.8 Å². The summed E-state index contributed by atoms with van der Waals surface area (Å²) in [5.41, 5.74) is 0.438. The monoisotopic (exact) mass is 510 g/mol. The first-order valence-electron chi connectivity index (χ1n) is 9.38. The summed E-state index contributed by atoms with van der Waals surface area (Å²) in [6, 6.07) is 9.70. The van der Waals surface area contributed by atoms with Crippen LogP contribution in [0.5, 0.6) is 0 Å². The van der Waals surface area contributed by atoms with Crippen molar-refractivity contribution in [2.24, 2.45) is 0 Å². The normalized spacial score (nSPS) is 11.2. The minimum Gasteiger partial charge on any atom is -0.302 e. The Bertz CT molecular complexity index is 1090. The number of amides is 1. The Hall–Kier alpha value is -2.07. The zero-order valence-electron chi connectivity index (χ0n) is 16.5. The molecule has 0 N–H and O–H groups in total. The molecule has 10 heteroatoms. The fourth-order valence-corrected chi connectivity index (χ4v) is 4.77. The van der Waals surface area contributed by atoms with E-state index in [1.807, 2.05) is 32.0 Å². The Morgan fingerprint density at radius 1 is 1.20 bits per heavy atom. The number of nitro groups is 1. The smallest absolute Gasteiger partial charge is 0.282 e. The molecule has 0 aliphatic carbocycles. The molecule has 3 rings (SSSR count). The van der Waals surface area contributed by atoms with Crippen molar-refractivity contribution in [3.8, 4) is 0 Å². The Morgan fingerprint density at radius 3 is 2.60 bits per heavy atom. The highest BCUT2D eigenvalue weighted by molar-refractivity contribution is 9.10. The molecule has 1 amide bonds. The molecule has 0 spiro atoms. The first-order chi connectivity index (χ1) is 14.3. The van der Waals surface area contributed by atoms with E-state index in [2.05, 4.69) is 25.8 Å². The van der Waals surface area contributed by atoms with Crippen molar-refractivity contribution in [3.63, 3.8) is 0 Å². The molecule has 0 aliphatic heterocycles. The Kier molecular flexibility index (Phi) is 7.41. The van der Waals surface area contributed by atoms with Gasteiger partial charge in [0.2, 0.25) is 0 Å². The quantitative estimate of drug-likeness (QED) is 0.290. The number of benzene rings is 2. The van der Waals surface area contributed by atoms with E-state index in [-0.39, 0.29) is 16.3 Å². The summed E-state index contributed by atoms with van der Waals surface area (Å²) in [5.74, 6) is -0.491. The van der Waals surface area contributed by atoms with Gasteiger partial charge in [-0.05, 0) is 43.4 Å². The molecule has 0 fully saturated rings. The summed E-state index contributed by atoms with van der Waals surface area (Å²) in [4.78, 5) is 32.7. The third kappa shape index (κ3) is 4.97. The second-order valence-corrected chi connectivity index (χ2v) is 8.87. The van der Waals surface area contributed by atoms with Gasteiger partial charge in [0.05, 0.1) is 15.1 Å². The van der Waals surface area contributed by atoms with Crippen molar-refractivity contribution in [2.75, 3.05) is 31.1 Å². The molecule has 158 valence electrons. The predicted octanol–water partition coefficient (Wildman–Crippen LogP) is 5.61. The summed E-state index contributed by atoms with van der Waals surface area (Å²) in [6.07, 6.45) is 0. The van der Waals surface area contributed by atoms with Gasteiger partial charge in [0, 0.05) is 28.7 Å². The van der Waals surface area contributed by atoms with Crippen molar-refractivity contribution in [1.29, 1.82) is 0 Å². The van der Waals surface area contributed by atoms with Crippen LogP contribution in [0.25, 0.3) is 10.2 Å². The number of fused-ring (bicyclic) bond motifs is 1. The van der Waals surface area contributed by atoms with Crippen molar-refractivity contribution in [1.82, 2.24) is 9.88 Å². The van der Waals surface area contributed by atoms with Crippen LogP contribution < -0.4 is 4.90 Å². The zero-order chi connectivity index (χ0) is 21.8. The number of hydrogen-bond donors (Lipinski definition) is 0. The largest absolute Gasteiger partial charge is 0.302 e. The van der Waals surface area contributed by atoms with E-state index in [9.17, 15) is 14.9 Å². The van der Waals surface area contributed by atoms with Crippen LogP contribution >= 0.6 is 38.9 Å². The second-order valence-electron chi connectivity index (χ2n) is 6.51. The lowest BCUT2D eigenvalue weighted by Crippen LogP contribution is -2.39. The summed E-state index contributed by atoms with van der Waals surface area (Å²) < 4.78 is 1.83. The van der Waals surface area contributed by atoms with Crippen molar-refractivity contribution >= 4 is 65.8 Å². The van der Waals surface area contributed by atoms with Crippen molar-refractivity contribution in [2.45, 2.75) is 13.8 Å². The van der Waals surface area contributed by atoms with Gasteiger partial charge in [0.1, 0.15) is 5.56 Å². The average Bonchev–Trinajstić information content (AvgIpc) is 3.13. The zero-order valence-corrected chi connectivity index (χ0v) is 19.6. The fraction of sp³-hybridized carbons (Fsp3) is 0.300. The molecule has 0 saturated carbocycles. The number of anilines is 1. The van der Waals surface area contributed by atoms with Gasteiger partial charge in [-0.2, -0.15) is 0 Å². The van der Waals surface area contributed by atoms with E-state index in [1.165, 1.54) is 34.4 Å². The molecule has 0 aliphatic rings. The van der Waals surface area contributed by atoms with Crippen LogP contribution in [0.4, 0.5) is 10.8 Å². The summed E-state index contributed by atoms with van der Waals surface area (Å²) >= 11 is 10.9. The van der Waals surface area contributed by atoms with Gasteiger partial charge in [-0.1, -0.05) is 52.7 Å². The van der Waals surface area contributed by atoms with E-state index in [1.54, 1.807) is 0 Å². The van der Waals surface area contributed by atoms with E-state index in [0.29, 0.717) is 18.2 Å². The van der Waals surface area contributed by atoms with Crippen LogP contribution in [0.2, 0.25) is 5.02 Å². The third-order valence-corrected chi connectivity index (χ3v) is 6.50. The molecule has 1 aromatic heterocycles. The molecule has 0 unspecified atom stereocenters. The average molecular weight is 512 g/mol. The van der Waals surface area contributed by atoms with Gasteiger partial charge in [0.15, 0.2) is 5.13 Å². The van der Waals surface area contributed by atoms with E-state index in [4.69, 9.17) is 11.6 Å². The molecule has 0 radical (unpaired) electrons. The highest BCUT2D eigenvalue weighted by Crippen LogP contribution is 2.33. The lowest BCUT2D eigenvalue weighted by molar-refractivity contribution is -0.385. The van der Waals surface area contributed by atoms with Gasteiger partial charge in [-0.25, -0.2) is 4.98 Å². The van der Waals surface area contributed by atoms with Gasteiger partial charge in [-0.3, -0.25) is 19.8 Å². The molecular weight excluding hydrogens is 492 g/mol. The van der Waals surface area contributed by atoms with Crippen LogP contribution in [0, 0.1) is 10.1 Å². The Labute approximate surface area is 191 Å². The fourth-order valence-electron chi connectivity index (χ4n) is 3.05. The lowest BCUT2D eigenvalue weighted by atomic mass is 10.1. The van der Waals surface area contributed by atoms with Crippen LogP contribution in [0.1, 0.15) is 24.2 Å². The number of thiazole rings is 1. The standard InChI is InChI=1S/C20H20BrClN4O3S/c1-3-24(4-2)9-10-25(20-23-16-7-5-13(21)11-18(16)30-20)19(27)15-12-14(22)6-8-17(15)26(28)29/h5-8,11-12H,3-4,9-10H2,1-2H3. The summed E-state index contributed by atoms with van der Waals surface area (Å²) in [7, 11) is 0.